The molecule has 15 heteroatoms. The summed E-state index contributed by atoms with van der Waals surface area (Å²) in [5, 5.41) is 22.5. The highest BCUT2D eigenvalue weighted by Crippen LogP contribution is 2.43. The average molecular weight is 519 g/mol. The van der Waals surface area contributed by atoms with Gasteiger partial charge in [-0.25, -0.2) is 13.8 Å². The van der Waals surface area contributed by atoms with Gasteiger partial charge in [-0.15, -0.1) is 11.3 Å². The molecule has 36 heavy (non-hydrogen) atoms. The number of halogens is 2. The first-order valence-electron chi connectivity index (χ1n) is 10.7. The highest BCUT2D eigenvalue weighted by molar-refractivity contribution is 7.21. The van der Waals surface area contributed by atoms with E-state index in [0.29, 0.717) is 17.8 Å². The fraction of sp³-hybridized carbons (Fsp3) is 0.286. The molecule has 12 nitrogen and oxygen atoms in total. The molecule has 0 aliphatic heterocycles. The van der Waals surface area contributed by atoms with Crippen LogP contribution in [0.2, 0.25) is 0 Å². The van der Waals surface area contributed by atoms with Crippen LogP contribution in [-0.4, -0.2) is 41.3 Å². The van der Waals surface area contributed by atoms with Gasteiger partial charge in [0.25, 0.3) is 18.2 Å². The number of thiophene rings is 1. The van der Waals surface area contributed by atoms with E-state index in [0.717, 1.165) is 17.5 Å². The molecule has 0 aliphatic carbocycles. The van der Waals surface area contributed by atoms with Gasteiger partial charge in [0.2, 0.25) is 5.69 Å². The first-order chi connectivity index (χ1) is 17.0. The van der Waals surface area contributed by atoms with E-state index < -0.39 is 40.2 Å². The third-order valence-electron chi connectivity index (χ3n) is 5.41. The molecule has 4 rings (SSSR count). The van der Waals surface area contributed by atoms with E-state index >= 15 is 0 Å². The molecule has 0 fully saturated rings. The number of nitrogens with two attached hydrogens (primary N) is 1. The molecule has 0 unspecified atom stereocenters. The van der Waals surface area contributed by atoms with Gasteiger partial charge >= 0.3 is 5.69 Å². The standard InChI is InChI=1S/C21H20F2N8O4S/c1-4-29-7-11(9(3)27-29)10-6-12(18(22)23)25-21-14(10)16(17(36-21)19(24)32)26-20(33)15-13(31(34)35)8-30(5-2)28-15/h6-8,18H,4-5H2,1-3H3,(H2,24,32)(H,26,33). The summed E-state index contributed by atoms with van der Waals surface area (Å²) in [4.78, 5) is 40.0. The van der Waals surface area contributed by atoms with Crippen LogP contribution < -0.4 is 11.1 Å². The lowest BCUT2D eigenvalue weighted by atomic mass is 10.0. The number of hydrogen-bond acceptors (Lipinski definition) is 8. The molecule has 4 aromatic heterocycles. The van der Waals surface area contributed by atoms with Crippen LogP contribution in [0.5, 0.6) is 0 Å². The number of pyridine rings is 1. The second-order valence-corrected chi connectivity index (χ2v) is 8.66. The Morgan fingerprint density at radius 3 is 2.42 bits per heavy atom. The number of fused-ring (bicyclic) bond motifs is 1. The number of hydrogen-bond donors (Lipinski definition) is 2. The van der Waals surface area contributed by atoms with Crippen molar-refractivity contribution >= 4 is 44.7 Å². The van der Waals surface area contributed by atoms with Crippen LogP contribution in [-0.2, 0) is 13.1 Å². The van der Waals surface area contributed by atoms with Crippen LogP contribution >= 0.6 is 11.3 Å². The monoisotopic (exact) mass is 518 g/mol. The summed E-state index contributed by atoms with van der Waals surface area (Å²) >= 11 is 0.728. The van der Waals surface area contributed by atoms with Gasteiger partial charge in [-0.05, 0) is 32.4 Å². The van der Waals surface area contributed by atoms with E-state index in [4.69, 9.17) is 5.73 Å². The predicted molar refractivity (Wildman–Crippen MR) is 127 cm³/mol. The number of carbonyl (C=O) groups excluding carboxylic acids is 2. The maximum atomic E-state index is 13.7. The van der Waals surface area contributed by atoms with Gasteiger partial charge in [-0.1, -0.05) is 0 Å². The summed E-state index contributed by atoms with van der Waals surface area (Å²) in [5.74, 6) is -1.91. The van der Waals surface area contributed by atoms with Crippen molar-refractivity contribution < 1.29 is 23.3 Å². The van der Waals surface area contributed by atoms with E-state index in [-0.39, 0.29) is 32.9 Å². The molecule has 3 N–H and O–H groups in total. The highest BCUT2D eigenvalue weighted by Gasteiger charge is 2.30. The molecular weight excluding hydrogens is 498 g/mol. The normalized spacial score (nSPS) is 11.4. The second kappa shape index (κ2) is 9.41. The number of alkyl halides is 2. The number of aryl methyl sites for hydroxylation is 3. The van der Waals surface area contributed by atoms with Crippen molar-refractivity contribution in [1.29, 1.82) is 0 Å². The van der Waals surface area contributed by atoms with Crippen LogP contribution in [0.4, 0.5) is 20.2 Å². The van der Waals surface area contributed by atoms with E-state index in [1.165, 1.54) is 10.7 Å². The minimum atomic E-state index is -2.91. The quantitative estimate of drug-likeness (QED) is 0.264. The van der Waals surface area contributed by atoms with Crippen molar-refractivity contribution in [3.05, 3.63) is 50.5 Å². The smallest absolute Gasteiger partial charge is 0.320 e. The number of rotatable bonds is 8. The second-order valence-electron chi connectivity index (χ2n) is 7.66. The molecule has 0 spiro atoms. The number of primary amides is 1. The number of aromatic nitrogens is 5. The summed E-state index contributed by atoms with van der Waals surface area (Å²) in [5.41, 5.74) is 5.14. The van der Waals surface area contributed by atoms with E-state index in [2.05, 4.69) is 20.5 Å². The molecule has 4 heterocycles. The SMILES string of the molecule is CCn1cc(-c2cc(C(F)F)nc3sc(C(N)=O)c(NC(=O)c4nn(CC)cc4[N+](=O)[O-])c23)c(C)n1. The summed E-state index contributed by atoms with van der Waals surface area (Å²) in [6.45, 7) is 6.02. The molecule has 0 saturated heterocycles. The Labute approximate surface area is 205 Å². The zero-order valence-corrected chi connectivity index (χ0v) is 20.1. The molecule has 0 bridgehead atoms. The predicted octanol–water partition coefficient (Wildman–Crippen LogP) is 3.90. The Morgan fingerprint density at radius 1 is 1.19 bits per heavy atom. The number of anilines is 1. The van der Waals surface area contributed by atoms with Crippen molar-refractivity contribution in [1.82, 2.24) is 24.5 Å². The lowest BCUT2D eigenvalue weighted by Crippen LogP contribution is -2.18. The molecule has 0 aliphatic rings. The van der Waals surface area contributed by atoms with Crippen LogP contribution in [0.15, 0.2) is 18.5 Å². The van der Waals surface area contributed by atoms with Crippen molar-refractivity contribution in [3.8, 4) is 11.1 Å². The summed E-state index contributed by atoms with van der Waals surface area (Å²) < 4.78 is 30.2. The summed E-state index contributed by atoms with van der Waals surface area (Å²) in [7, 11) is 0. The summed E-state index contributed by atoms with van der Waals surface area (Å²) in [6, 6.07) is 1.17. The van der Waals surface area contributed by atoms with Crippen LogP contribution in [0.3, 0.4) is 0 Å². The first-order valence-corrected chi connectivity index (χ1v) is 11.5. The van der Waals surface area contributed by atoms with Gasteiger partial charge in [0.05, 0.1) is 16.3 Å². The van der Waals surface area contributed by atoms with Crippen molar-refractivity contribution in [2.75, 3.05) is 5.32 Å². The minimum absolute atomic E-state index is 0.0316. The average Bonchev–Trinajstić information content (AvgIpc) is 3.53. The molecule has 0 saturated carbocycles. The van der Waals surface area contributed by atoms with Crippen molar-refractivity contribution in [2.24, 2.45) is 5.73 Å². The van der Waals surface area contributed by atoms with Crippen LogP contribution in [0, 0.1) is 17.0 Å². The van der Waals surface area contributed by atoms with Gasteiger partial charge < -0.3 is 11.1 Å². The Hall–Kier alpha value is -4.27. The lowest BCUT2D eigenvalue weighted by molar-refractivity contribution is -0.385. The van der Waals surface area contributed by atoms with E-state index in [9.17, 15) is 28.5 Å². The van der Waals surface area contributed by atoms with Crippen molar-refractivity contribution in [3.63, 3.8) is 0 Å². The number of carbonyl (C=O) groups is 2. The minimum Gasteiger partial charge on any atom is -0.365 e. The molecular formula is C21H20F2N8O4S. The molecule has 188 valence electrons. The zero-order chi connectivity index (χ0) is 26.3. The highest BCUT2D eigenvalue weighted by atomic mass is 32.1. The van der Waals surface area contributed by atoms with E-state index in [1.807, 2.05) is 6.92 Å². The maximum Gasteiger partial charge on any atom is 0.320 e. The Morgan fingerprint density at radius 2 is 1.86 bits per heavy atom. The van der Waals surface area contributed by atoms with Gasteiger partial charge in [0, 0.05) is 30.2 Å². The van der Waals surface area contributed by atoms with Crippen molar-refractivity contribution in [2.45, 2.75) is 40.3 Å². The Bertz CT molecular complexity index is 1520. The van der Waals surface area contributed by atoms with Gasteiger partial charge in [-0.3, -0.25) is 29.1 Å². The number of nitro groups is 1. The number of nitrogens with zero attached hydrogens (tertiary/aromatic N) is 6. The Kier molecular flexibility index (Phi) is 6.49. The third kappa shape index (κ3) is 4.28. The van der Waals surface area contributed by atoms with Gasteiger partial charge in [0.1, 0.15) is 21.6 Å². The number of nitrogens with one attached hydrogen (secondary N) is 1. The lowest BCUT2D eigenvalue weighted by Gasteiger charge is -2.10. The molecule has 0 aromatic carbocycles. The molecule has 0 atom stereocenters. The third-order valence-corrected chi connectivity index (χ3v) is 6.50. The van der Waals surface area contributed by atoms with E-state index in [1.54, 1.807) is 24.7 Å². The maximum absolute atomic E-state index is 13.7. The van der Waals surface area contributed by atoms with Gasteiger partial charge in [0.15, 0.2) is 0 Å². The Balaban J connectivity index is 1.97. The largest absolute Gasteiger partial charge is 0.365 e. The first kappa shape index (κ1) is 24.8. The van der Waals surface area contributed by atoms with Gasteiger partial charge in [-0.2, -0.15) is 10.2 Å². The fourth-order valence-electron chi connectivity index (χ4n) is 3.72. The zero-order valence-electron chi connectivity index (χ0n) is 19.3. The topological polar surface area (TPSA) is 164 Å². The summed E-state index contributed by atoms with van der Waals surface area (Å²) in [6.07, 6.45) is -0.145. The molecule has 4 aromatic rings. The molecule has 2 amide bonds. The fourth-order valence-corrected chi connectivity index (χ4v) is 4.73. The molecule has 0 radical (unpaired) electrons. The number of amides is 2. The van der Waals surface area contributed by atoms with Crippen LogP contribution in [0.1, 0.15) is 51.8 Å². The van der Waals surface area contributed by atoms with Crippen LogP contribution in [0.25, 0.3) is 21.3 Å².